The van der Waals surface area contributed by atoms with Crippen molar-refractivity contribution in [3.05, 3.63) is 0 Å². The zero-order valence-corrected chi connectivity index (χ0v) is 8.91. The number of hydrogen-bond acceptors (Lipinski definition) is 2. The molecule has 0 aromatic rings. The minimum atomic E-state index is -0.922. The van der Waals surface area contributed by atoms with E-state index in [1.165, 1.54) is 4.90 Å². The maximum Gasteiger partial charge on any atom is 0.407 e. The Bertz CT molecular complexity index is 255. The largest absolute Gasteiger partial charge is 0.465 e. The summed E-state index contributed by atoms with van der Waals surface area (Å²) in [5, 5.41) is 8.73. The third-order valence-electron chi connectivity index (χ3n) is 2.57. The van der Waals surface area contributed by atoms with Crippen LogP contribution in [0, 0.1) is 11.3 Å². The van der Waals surface area contributed by atoms with Gasteiger partial charge < -0.3 is 10.0 Å². The summed E-state index contributed by atoms with van der Waals surface area (Å²) in [6.07, 6.45) is -0.253. The van der Waals surface area contributed by atoms with Crippen molar-refractivity contribution in [2.75, 3.05) is 13.1 Å². The van der Waals surface area contributed by atoms with Gasteiger partial charge in [0.25, 0.3) is 0 Å². The number of hydrogen-bond donors (Lipinski definition) is 1. The van der Waals surface area contributed by atoms with Gasteiger partial charge in [0.05, 0.1) is 0 Å². The molecule has 0 spiro atoms. The highest BCUT2D eigenvalue weighted by Crippen LogP contribution is 2.26. The molecule has 1 heterocycles. The molecule has 0 bridgehead atoms. The third-order valence-corrected chi connectivity index (χ3v) is 2.57. The molecule has 1 atom stereocenters. The van der Waals surface area contributed by atoms with Gasteiger partial charge in [-0.3, -0.25) is 4.79 Å². The summed E-state index contributed by atoms with van der Waals surface area (Å²) in [6.45, 7) is 6.48. The van der Waals surface area contributed by atoms with E-state index < -0.39 is 6.09 Å². The highest BCUT2D eigenvalue weighted by atomic mass is 16.4. The number of rotatable bonds is 1. The van der Waals surface area contributed by atoms with Gasteiger partial charge in [-0.1, -0.05) is 20.8 Å². The van der Waals surface area contributed by atoms with Crippen molar-refractivity contribution in [2.24, 2.45) is 11.3 Å². The van der Waals surface area contributed by atoms with Crippen molar-refractivity contribution in [1.29, 1.82) is 0 Å². The van der Waals surface area contributed by atoms with Crippen molar-refractivity contribution < 1.29 is 14.7 Å². The second-order valence-corrected chi connectivity index (χ2v) is 4.83. The maximum absolute atomic E-state index is 11.8. The Morgan fingerprint density at radius 3 is 2.29 bits per heavy atom. The molecule has 0 aromatic carbocycles. The number of likely N-dealkylation sites (tertiary alicyclic amines) is 1. The SMILES string of the molecule is CC(C)(C)C(=O)[C@H]1CCN(C(=O)O)C1. The second kappa shape index (κ2) is 3.59. The molecule has 0 aromatic heterocycles. The molecule has 0 aliphatic carbocycles. The van der Waals surface area contributed by atoms with E-state index in [-0.39, 0.29) is 17.1 Å². The monoisotopic (exact) mass is 199 g/mol. The number of nitrogens with zero attached hydrogens (tertiary/aromatic N) is 1. The smallest absolute Gasteiger partial charge is 0.407 e. The van der Waals surface area contributed by atoms with Gasteiger partial charge in [0.1, 0.15) is 5.78 Å². The van der Waals surface area contributed by atoms with Crippen molar-refractivity contribution in [3.8, 4) is 0 Å². The summed E-state index contributed by atoms with van der Waals surface area (Å²) >= 11 is 0. The molecule has 0 radical (unpaired) electrons. The fourth-order valence-electron chi connectivity index (χ4n) is 1.76. The zero-order valence-electron chi connectivity index (χ0n) is 8.91. The van der Waals surface area contributed by atoms with Crippen LogP contribution >= 0.6 is 0 Å². The standard InChI is InChI=1S/C10H17NO3/c1-10(2,3)8(12)7-4-5-11(6-7)9(13)14/h7H,4-6H2,1-3H3,(H,13,14)/t7-/m0/s1. The summed E-state index contributed by atoms with van der Waals surface area (Å²) in [4.78, 5) is 23.8. The first-order valence-corrected chi connectivity index (χ1v) is 4.84. The van der Waals surface area contributed by atoms with Gasteiger partial charge in [-0.25, -0.2) is 4.79 Å². The molecule has 4 heteroatoms. The third kappa shape index (κ3) is 2.25. The van der Waals surface area contributed by atoms with Crippen LogP contribution in [0.25, 0.3) is 0 Å². The molecule has 1 aliphatic heterocycles. The highest BCUT2D eigenvalue weighted by molar-refractivity contribution is 5.87. The number of amides is 1. The molecule has 80 valence electrons. The van der Waals surface area contributed by atoms with Gasteiger partial charge in [-0.15, -0.1) is 0 Å². The van der Waals surface area contributed by atoms with Crippen molar-refractivity contribution >= 4 is 11.9 Å². The Balaban J connectivity index is 2.59. The Morgan fingerprint density at radius 2 is 1.93 bits per heavy atom. The molecule has 1 rings (SSSR count). The summed E-state index contributed by atoms with van der Waals surface area (Å²) in [5.41, 5.74) is -0.362. The Hall–Kier alpha value is -1.06. The number of Topliss-reactive ketones (excluding diaryl/α,β-unsaturated/α-hetero) is 1. The van der Waals surface area contributed by atoms with E-state index >= 15 is 0 Å². The molecule has 1 amide bonds. The van der Waals surface area contributed by atoms with Gasteiger partial charge in [0.2, 0.25) is 0 Å². The van der Waals surface area contributed by atoms with E-state index in [0.717, 1.165) is 0 Å². The van der Waals surface area contributed by atoms with Crippen molar-refractivity contribution in [3.63, 3.8) is 0 Å². The van der Waals surface area contributed by atoms with Gasteiger partial charge in [-0.2, -0.15) is 0 Å². The minimum Gasteiger partial charge on any atom is -0.465 e. The van der Waals surface area contributed by atoms with E-state index in [2.05, 4.69) is 0 Å². The molecular formula is C10H17NO3. The lowest BCUT2D eigenvalue weighted by molar-refractivity contribution is -0.129. The van der Waals surface area contributed by atoms with Gasteiger partial charge >= 0.3 is 6.09 Å². The molecule has 4 nitrogen and oxygen atoms in total. The van der Waals surface area contributed by atoms with E-state index in [4.69, 9.17) is 5.11 Å². The van der Waals surface area contributed by atoms with Crippen LogP contribution in [0.3, 0.4) is 0 Å². The lowest BCUT2D eigenvalue weighted by Crippen LogP contribution is -2.32. The number of carbonyl (C=O) groups excluding carboxylic acids is 1. The van der Waals surface area contributed by atoms with Gasteiger partial charge in [0, 0.05) is 24.4 Å². The number of carbonyl (C=O) groups is 2. The number of ketones is 1. The first-order chi connectivity index (χ1) is 6.32. The van der Waals surface area contributed by atoms with Crippen molar-refractivity contribution in [1.82, 2.24) is 4.90 Å². The average Bonchev–Trinajstić information content (AvgIpc) is 2.48. The fraction of sp³-hybridized carbons (Fsp3) is 0.800. The topological polar surface area (TPSA) is 57.6 Å². The van der Waals surface area contributed by atoms with Crippen LogP contribution in [0.5, 0.6) is 0 Å². The Labute approximate surface area is 83.9 Å². The lowest BCUT2D eigenvalue weighted by Gasteiger charge is -2.21. The van der Waals surface area contributed by atoms with Gasteiger partial charge in [-0.05, 0) is 6.42 Å². The molecule has 0 saturated carbocycles. The van der Waals surface area contributed by atoms with Crippen LogP contribution in [0.15, 0.2) is 0 Å². The van der Waals surface area contributed by atoms with Crippen LogP contribution in [0.1, 0.15) is 27.2 Å². The quantitative estimate of drug-likeness (QED) is 0.697. The normalized spacial score (nSPS) is 22.5. The summed E-state index contributed by atoms with van der Waals surface area (Å²) in [6, 6.07) is 0. The van der Waals surface area contributed by atoms with E-state index in [9.17, 15) is 9.59 Å². The molecule has 1 N–H and O–H groups in total. The van der Waals surface area contributed by atoms with Crippen molar-refractivity contribution in [2.45, 2.75) is 27.2 Å². The fourth-order valence-corrected chi connectivity index (χ4v) is 1.76. The predicted molar refractivity (Wildman–Crippen MR) is 52.2 cm³/mol. The average molecular weight is 199 g/mol. The molecule has 1 saturated heterocycles. The summed E-state index contributed by atoms with van der Waals surface area (Å²) in [5.74, 6) is 0.0624. The highest BCUT2D eigenvalue weighted by Gasteiger charge is 2.35. The molecule has 0 unspecified atom stereocenters. The first-order valence-electron chi connectivity index (χ1n) is 4.84. The van der Waals surface area contributed by atoms with E-state index in [0.29, 0.717) is 19.5 Å². The van der Waals surface area contributed by atoms with E-state index in [1.807, 2.05) is 20.8 Å². The molecule has 14 heavy (non-hydrogen) atoms. The molecule has 1 aliphatic rings. The first kappa shape index (κ1) is 11.0. The minimum absolute atomic E-state index is 0.105. The second-order valence-electron chi connectivity index (χ2n) is 4.83. The zero-order chi connectivity index (χ0) is 10.9. The van der Waals surface area contributed by atoms with Crippen LogP contribution in [-0.4, -0.2) is 35.0 Å². The van der Waals surface area contributed by atoms with Crippen LogP contribution in [0.4, 0.5) is 4.79 Å². The lowest BCUT2D eigenvalue weighted by atomic mass is 9.83. The van der Waals surface area contributed by atoms with Crippen LogP contribution < -0.4 is 0 Å². The summed E-state index contributed by atoms with van der Waals surface area (Å²) < 4.78 is 0. The Morgan fingerprint density at radius 1 is 1.36 bits per heavy atom. The van der Waals surface area contributed by atoms with E-state index in [1.54, 1.807) is 0 Å². The predicted octanol–water partition coefficient (Wildman–Crippen LogP) is 1.60. The summed E-state index contributed by atoms with van der Waals surface area (Å²) in [7, 11) is 0. The number of carboxylic acid groups (broad SMARTS) is 1. The van der Waals surface area contributed by atoms with Crippen LogP contribution in [-0.2, 0) is 4.79 Å². The molecular weight excluding hydrogens is 182 g/mol. The van der Waals surface area contributed by atoms with Gasteiger partial charge in [0.15, 0.2) is 0 Å². The maximum atomic E-state index is 11.8. The Kier molecular flexibility index (Phi) is 2.83. The van der Waals surface area contributed by atoms with Crippen LogP contribution in [0.2, 0.25) is 0 Å². The molecule has 1 fully saturated rings.